The molecule has 0 bridgehead atoms. The number of carbonyl (C=O) groups excluding carboxylic acids is 1. The zero-order chi connectivity index (χ0) is 28.7. The summed E-state index contributed by atoms with van der Waals surface area (Å²) >= 11 is 6.40. The Kier molecular flexibility index (Phi) is 7.81. The SMILES string of the molecule is O=C(NCC(c1cnc(C(F)(F)F)nc1)N1CCC(F)(F)CC1)c1c(Cl)ccc2nc(N3CC(CO)C3)ccc12. The number of nitrogens with zero attached hydrogens (tertiary/aromatic N) is 5. The molecule has 5 rings (SSSR count). The maximum atomic E-state index is 13.8. The van der Waals surface area contributed by atoms with E-state index in [9.17, 15) is 31.9 Å². The number of piperidine rings is 1. The topological polar surface area (TPSA) is 94.5 Å². The van der Waals surface area contributed by atoms with Crippen molar-refractivity contribution in [1.82, 2.24) is 25.2 Å². The highest BCUT2D eigenvalue weighted by Crippen LogP contribution is 2.34. The van der Waals surface area contributed by atoms with E-state index in [0.717, 1.165) is 12.4 Å². The number of fused-ring (bicyclic) bond motifs is 1. The molecule has 1 aromatic carbocycles. The zero-order valence-corrected chi connectivity index (χ0v) is 21.9. The first-order chi connectivity index (χ1) is 18.9. The van der Waals surface area contributed by atoms with Crippen LogP contribution >= 0.6 is 11.6 Å². The van der Waals surface area contributed by atoms with Crippen LogP contribution in [-0.4, -0.2) is 76.1 Å². The summed E-state index contributed by atoms with van der Waals surface area (Å²) in [7, 11) is 0. The number of hydrogen-bond acceptors (Lipinski definition) is 7. The second-order valence-corrected chi connectivity index (χ2v) is 10.5. The van der Waals surface area contributed by atoms with Crippen LogP contribution in [0.2, 0.25) is 5.02 Å². The summed E-state index contributed by atoms with van der Waals surface area (Å²) in [5, 5.41) is 12.7. The lowest BCUT2D eigenvalue weighted by molar-refractivity contribution is -0.145. The van der Waals surface area contributed by atoms with Crippen molar-refractivity contribution in [2.45, 2.75) is 31.0 Å². The average Bonchev–Trinajstić information content (AvgIpc) is 2.88. The lowest BCUT2D eigenvalue weighted by Gasteiger charge is -2.39. The Balaban J connectivity index is 1.37. The van der Waals surface area contributed by atoms with Gasteiger partial charge in [-0.05, 0) is 24.3 Å². The number of pyridine rings is 1. The van der Waals surface area contributed by atoms with Crippen LogP contribution in [0, 0.1) is 5.92 Å². The van der Waals surface area contributed by atoms with Crippen molar-refractivity contribution in [3.63, 3.8) is 0 Å². The Bertz CT molecular complexity index is 1370. The van der Waals surface area contributed by atoms with E-state index in [1.807, 2.05) is 4.90 Å². The molecule has 2 fully saturated rings. The van der Waals surface area contributed by atoms with Crippen molar-refractivity contribution >= 4 is 34.2 Å². The first-order valence-corrected chi connectivity index (χ1v) is 13.1. The molecule has 4 heterocycles. The molecule has 1 unspecified atom stereocenters. The van der Waals surface area contributed by atoms with Gasteiger partial charge in [0.1, 0.15) is 5.82 Å². The van der Waals surface area contributed by atoms with Crippen molar-refractivity contribution < 1.29 is 31.9 Å². The summed E-state index contributed by atoms with van der Waals surface area (Å²) in [5.74, 6) is -3.80. The van der Waals surface area contributed by atoms with Crippen molar-refractivity contribution in [2.75, 3.05) is 44.2 Å². The van der Waals surface area contributed by atoms with Crippen LogP contribution in [-0.2, 0) is 6.18 Å². The molecule has 2 N–H and O–H groups in total. The smallest absolute Gasteiger partial charge is 0.396 e. The highest BCUT2D eigenvalue weighted by atomic mass is 35.5. The maximum absolute atomic E-state index is 13.8. The minimum atomic E-state index is -4.73. The van der Waals surface area contributed by atoms with Gasteiger partial charge in [-0.15, -0.1) is 0 Å². The van der Waals surface area contributed by atoms with Gasteiger partial charge in [0.15, 0.2) is 0 Å². The van der Waals surface area contributed by atoms with E-state index in [4.69, 9.17) is 11.6 Å². The van der Waals surface area contributed by atoms with Crippen LogP contribution in [0.5, 0.6) is 0 Å². The third-order valence-electron chi connectivity index (χ3n) is 7.31. The standard InChI is InChI=1S/C26H26ClF5N6O2/c27-18-2-3-19-17(1-4-21(36-19)38-12-15(13-38)14-39)22(18)23(40)33-11-20(37-7-5-25(28,29)6-8-37)16-9-34-24(35-10-16)26(30,31)32/h1-4,9-10,15,20,39H,5-8,11-14H2,(H,33,40). The lowest BCUT2D eigenvalue weighted by atomic mass is 10.0. The molecule has 0 radical (unpaired) electrons. The summed E-state index contributed by atoms with van der Waals surface area (Å²) in [4.78, 5) is 28.5. The Morgan fingerprint density at radius 3 is 2.42 bits per heavy atom. The molecule has 2 saturated heterocycles. The molecule has 14 heteroatoms. The second kappa shape index (κ2) is 11.0. The summed E-state index contributed by atoms with van der Waals surface area (Å²) in [6.07, 6.45) is -3.55. The molecule has 214 valence electrons. The Labute approximate surface area is 231 Å². The van der Waals surface area contributed by atoms with Crippen molar-refractivity contribution in [3.8, 4) is 0 Å². The van der Waals surface area contributed by atoms with Crippen LogP contribution in [0.3, 0.4) is 0 Å². The van der Waals surface area contributed by atoms with Gasteiger partial charge in [-0.2, -0.15) is 13.2 Å². The molecule has 40 heavy (non-hydrogen) atoms. The highest BCUT2D eigenvalue weighted by molar-refractivity contribution is 6.35. The Morgan fingerprint density at radius 1 is 1.12 bits per heavy atom. The number of halogens is 6. The molecule has 0 saturated carbocycles. The molecule has 1 atom stereocenters. The number of alkyl halides is 5. The highest BCUT2D eigenvalue weighted by Gasteiger charge is 2.38. The van der Waals surface area contributed by atoms with Crippen LogP contribution in [0.4, 0.5) is 27.8 Å². The summed E-state index contributed by atoms with van der Waals surface area (Å²) in [5.41, 5.74) is 0.956. The number of carbonyl (C=O) groups is 1. The van der Waals surface area contributed by atoms with Gasteiger partial charge in [0.25, 0.3) is 11.8 Å². The van der Waals surface area contributed by atoms with Crippen molar-refractivity contribution in [3.05, 3.63) is 58.6 Å². The molecule has 3 aromatic rings. The van der Waals surface area contributed by atoms with E-state index < -0.39 is 42.7 Å². The first kappa shape index (κ1) is 28.4. The fraction of sp³-hybridized carbons (Fsp3) is 0.462. The largest absolute Gasteiger partial charge is 0.451 e. The number of aromatic nitrogens is 3. The van der Waals surface area contributed by atoms with Crippen LogP contribution in [0.25, 0.3) is 10.9 Å². The lowest BCUT2D eigenvalue weighted by Crippen LogP contribution is -2.48. The van der Waals surface area contributed by atoms with Crippen molar-refractivity contribution in [2.24, 2.45) is 5.92 Å². The van der Waals surface area contributed by atoms with E-state index in [1.54, 1.807) is 29.2 Å². The minimum absolute atomic E-state index is 0.0239. The molecule has 2 aliphatic heterocycles. The molecule has 2 aromatic heterocycles. The molecule has 1 amide bonds. The van der Waals surface area contributed by atoms with Crippen LogP contribution in [0.1, 0.15) is 40.6 Å². The normalized spacial score (nSPS) is 18.9. The Hall–Kier alpha value is -3.16. The number of likely N-dealkylation sites (tertiary alicyclic amines) is 1. The molecule has 2 aliphatic rings. The van der Waals surface area contributed by atoms with E-state index in [2.05, 4.69) is 20.3 Å². The van der Waals surface area contributed by atoms with E-state index in [1.165, 1.54) is 0 Å². The van der Waals surface area contributed by atoms with Crippen LogP contribution < -0.4 is 10.2 Å². The average molecular weight is 585 g/mol. The first-order valence-electron chi connectivity index (χ1n) is 12.7. The van der Waals surface area contributed by atoms with Gasteiger partial charge in [0.2, 0.25) is 5.82 Å². The van der Waals surface area contributed by atoms with Gasteiger partial charge in [0.05, 0.1) is 22.1 Å². The summed E-state index contributed by atoms with van der Waals surface area (Å²) in [6.45, 7) is 1.30. The summed E-state index contributed by atoms with van der Waals surface area (Å²) < 4.78 is 66.6. The van der Waals surface area contributed by atoms with Gasteiger partial charge in [-0.3, -0.25) is 9.69 Å². The maximum Gasteiger partial charge on any atom is 0.451 e. The van der Waals surface area contributed by atoms with Crippen LogP contribution in [0.15, 0.2) is 36.7 Å². The third-order valence-corrected chi connectivity index (χ3v) is 7.62. The van der Waals surface area contributed by atoms with Gasteiger partial charge >= 0.3 is 6.18 Å². The number of amides is 1. The number of anilines is 1. The fourth-order valence-corrected chi connectivity index (χ4v) is 5.25. The van der Waals surface area contributed by atoms with E-state index in [-0.39, 0.29) is 48.3 Å². The van der Waals surface area contributed by atoms with Gasteiger partial charge in [0, 0.05) is 81.4 Å². The number of nitrogens with one attached hydrogen (secondary N) is 1. The monoisotopic (exact) mass is 584 g/mol. The molecular weight excluding hydrogens is 559 g/mol. The number of benzene rings is 1. The number of aliphatic hydroxyl groups is 1. The fourth-order valence-electron chi connectivity index (χ4n) is 5.00. The molecule has 8 nitrogen and oxygen atoms in total. The Morgan fingerprint density at radius 2 is 1.80 bits per heavy atom. The minimum Gasteiger partial charge on any atom is -0.396 e. The van der Waals surface area contributed by atoms with Gasteiger partial charge in [-0.1, -0.05) is 11.6 Å². The molecule has 0 aliphatic carbocycles. The van der Waals surface area contributed by atoms with Gasteiger partial charge in [-0.25, -0.2) is 23.7 Å². The van der Waals surface area contributed by atoms with E-state index in [0.29, 0.717) is 29.8 Å². The zero-order valence-electron chi connectivity index (χ0n) is 21.1. The van der Waals surface area contributed by atoms with Crippen molar-refractivity contribution in [1.29, 1.82) is 0 Å². The number of rotatable bonds is 7. The van der Waals surface area contributed by atoms with Gasteiger partial charge < -0.3 is 15.3 Å². The quantitative estimate of drug-likeness (QED) is 0.399. The second-order valence-electron chi connectivity index (χ2n) is 10.1. The number of hydrogen-bond donors (Lipinski definition) is 2. The summed E-state index contributed by atoms with van der Waals surface area (Å²) in [6, 6.07) is 6.00. The number of aliphatic hydroxyl groups excluding tert-OH is 1. The molecular formula is C26H26ClF5N6O2. The van der Waals surface area contributed by atoms with E-state index >= 15 is 0 Å². The third kappa shape index (κ3) is 5.96. The molecule has 0 spiro atoms. The predicted molar refractivity (Wildman–Crippen MR) is 137 cm³/mol. The predicted octanol–water partition coefficient (Wildman–Crippen LogP) is 4.33.